The molecule has 0 bridgehead atoms. The zero-order chi connectivity index (χ0) is 14.2. The van der Waals surface area contributed by atoms with Gasteiger partial charge in [-0.3, -0.25) is 4.98 Å². The van der Waals surface area contributed by atoms with Crippen LogP contribution in [0.15, 0.2) is 55.0 Å². The fourth-order valence-electron chi connectivity index (χ4n) is 1.56. The summed E-state index contributed by atoms with van der Waals surface area (Å²) >= 11 is 5.87. The number of carbonyl (C=O) groups is 1. The van der Waals surface area contributed by atoms with Gasteiger partial charge in [0.05, 0.1) is 0 Å². The molecule has 1 heterocycles. The highest BCUT2D eigenvalue weighted by Crippen LogP contribution is 2.11. The Morgan fingerprint density at radius 3 is 2.80 bits per heavy atom. The third-order valence-corrected chi connectivity index (χ3v) is 2.78. The van der Waals surface area contributed by atoms with E-state index in [1.54, 1.807) is 30.7 Å². The van der Waals surface area contributed by atoms with Crippen molar-refractivity contribution in [3.8, 4) is 0 Å². The van der Waals surface area contributed by atoms with Gasteiger partial charge in [-0.25, -0.2) is 4.79 Å². The molecule has 0 unspecified atom stereocenters. The normalized spacial score (nSPS) is 10.4. The molecule has 0 saturated carbocycles. The highest BCUT2D eigenvalue weighted by Gasteiger charge is 1.97. The van der Waals surface area contributed by atoms with Crippen LogP contribution in [0.5, 0.6) is 0 Å². The molecule has 0 spiro atoms. The van der Waals surface area contributed by atoms with Crippen LogP contribution in [0.4, 0.5) is 4.79 Å². The Hall–Kier alpha value is -2.33. The van der Waals surface area contributed by atoms with E-state index in [2.05, 4.69) is 15.6 Å². The first-order chi connectivity index (χ1) is 9.74. The van der Waals surface area contributed by atoms with Crippen LogP contribution in [-0.4, -0.2) is 11.0 Å². The van der Waals surface area contributed by atoms with E-state index in [0.717, 1.165) is 11.1 Å². The fraction of sp³-hybridized carbons (Fsp3) is 0.0667. The molecular formula is C15H14ClN3O. The molecule has 1 aromatic carbocycles. The number of benzene rings is 1. The Bertz CT molecular complexity index is 599. The number of pyridine rings is 1. The summed E-state index contributed by atoms with van der Waals surface area (Å²) in [5, 5.41) is 6.03. The third-order valence-electron chi connectivity index (χ3n) is 2.54. The van der Waals surface area contributed by atoms with Crippen LogP contribution in [0.1, 0.15) is 11.1 Å². The molecule has 0 fully saturated rings. The van der Waals surface area contributed by atoms with Crippen LogP contribution in [-0.2, 0) is 6.54 Å². The van der Waals surface area contributed by atoms with Gasteiger partial charge in [-0.05, 0) is 41.5 Å². The number of carbonyl (C=O) groups excluding carboxylic acids is 1. The van der Waals surface area contributed by atoms with E-state index >= 15 is 0 Å². The Labute approximate surface area is 122 Å². The van der Waals surface area contributed by atoms with Crippen LogP contribution in [0.3, 0.4) is 0 Å². The fourth-order valence-corrected chi connectivity index (χ4v) is 1.76. The topological polar surface area (TPSA) is 54.0 Å². The molecule has 0 radical (unpaired) electrons. The van der Waals surface area contributed by atoms with E-state index in [1.807, 2.05) is 30.3 Å². The van der Waals surface area contributed by atoms with Crippen LogP contribution < -0.4 is 10.6 Å². The number of hydrogen-bond acceptors (Lipinski definition) is 2. The average molecular weight is 288 g/mol. The van der Waals surface area contributed by atoms with Crippen molar-refractivity contribution in [1.82, 2.24) is 15.6 Å². The molecular weight excluding hydrogens is 274 g/mol. The van der Waals surface area contributed by atoms with E-state index in [4.69, 9.17) is 11.6 Å². The number of urea groups is 1. The summed E-state index contributed by atoms with van der Waals surface area (Å²) in [7, 11) is 0. The number of hydrogen-bond donors (Lipinski definition) is 2. The zero-order valence-corrected chi connectivity index (χ0v) is 11.5. The van der Waals surface area contributed by atoms with Crippen molar-refractivity contribution < 1.29 is 4.79 Å². The lowest BCUT2D eigenvalue weighted by Gasteiger charge is -2.04. The van der Waals surface area contributed by atoms with Gasteiger partial charge in [0.1, 0.15) is 0 Å². The van der Waals surface area contributed by atoms with Gasteiger partial charge in [-0.1, -0.05) is 23.7 Å². The molecule has 1 aromatic heterocycles. The standard InChI is InChI=1S/C15H14ClN3O/c16-14-3-1-2-12(10-14)6-9-18-15(20)19-11-13-4-7-17-8-5-13/h1-10H,11H2,(H2,18,19,20)/b9-6+. The Kier molecular flexibility index (Phi) is 5.15. The van der Waals surface area contributed by atoms with Gasteiger partial charge >= 0.3 is 6.03 Å². The van der Waals surface area contributed by atoms with E-state index in [1.165, 1.54) is 0 Å². The maximum Gasteiger partial charge on any atom is 0.319 e. The smallest absolute Gasteiger partial charge is 0.319 e. The first-order valence-corrected chi connectivity index (χ1v) is 6.47. The molecule has 0 aliphatic carbocycles. The first kappa shape index (κ1) is 14.1. The quantitative estimate of drug-likeness (QED) is 0.907. The Morgan fingerprint density at radius 1 is 1.25 bits per heavy atom. The van der Waals surface area contributed by atoms with Gasteiger partial charge in [0, 0.05) is 30.2 Å². The second-order valence-electron chi connectivity index (χ2n) is 4.07. The first-order valence-electron chi connectivity index (χ1n) is 6.09. The van der Waals surface area contributed by atoms with E-state index in [-0.39, 0.29) is 6.03 Å². The third kappa shape index (κ3) is 4.74. The van der Waals surface area contributed by atoms with E-state index < -0.39 is 0 Å². The van der Waals surface area contributed by atoms with E-state index in [0.29, 0.717) is 11.6 Å². The number of nitrogens with zero attached hydrogens (tertiary/aromatic N) is 1. The van der Waals surface area contributed by atoms with Crippen molar-refractivity contribution in [2.24, 2.45) is 0 Å². The molecule has 2 N–H and O–H groups in total. The molecule has 0 atom stereocenters. The maximum atomic E-state index is 11.6. The summed E-state index contributed by atoms with van der Waals surface area (Å²) in [4.78, 5) is 15.5. The average Bonchev–Trinajstić information content (AvgIpc) is 2.46. The number of aromatic nitrogens is 1. The minimum Gasteiger partial charge on any atom is -0.334 e. The summed E-state index contributed by atoms with van der Waals surface area (Å²) in [5.41, 5.74) is 1.92. The SMILES string of the molecule is O=C(N/C=C/c1cccc(Cl)c1)NCc1ccncc1. The Morgan fingerprint density at radius 2 is 2.05 bits per heavy atom. The molecule has 0 saturated heterocycles. The summed E-state index contributed by atoms with van der Waals surface area (Å²) in [6.07, 6.45) is 6.73. The number of amides is 2. The van der Waals surface area contributed by atoms with Gasteiger partial charge in [0.25, 0.3) is 0 Å². The molecule has 5 heteroatoms. The van der Waals surface area contributed by atoms with Crippen molar-refractivity contribution in [1.29, 1.82) is 0 Å². The number of nitrogens with one attached hydrogen (secondary N) is 2. The predicted octanol–water partition coefficient (Wildman–Crippen LogP) is 3.21. The highest BCUT2D eigenvalue weighted by molar-refractivity contribution is 6.30. The molecule has 2 amide bonds. The van der Waals surface area contributed by atoms with Gasteiger partial charge in [0.15, 0.2) is 0 Å². The van der Waals surface area contributed by atoms with Crippen LogP contribution >= 0.6 is 11.6 Å². The Balaban J connectivity index is 1.78. The molecule has 0 aliphatic heterocycles. The van der Waals surface area contributed by atoms with Crippen molar-refractivity contribution in [2.75, 3.05) is 0 Å². The van der Waals surface area contributed by atoms with Crippen LogP contribution in [0.25, 0.3) is 6.08 Å². The molecule has 2 aromatic rings. The van der Waals surface area contributed by atoms with E-state index in [9.17, 15) is 4.79 Å². The minimum absolute atomic E-state index is 0.264. The van der Waals surface area contributed by atoms with Gasteiger partial charge in [-0.15, -0.1) is 0 Å². The van der Waals surface area contributed by atoms with Crippen LogP contribution in [0.2, 0.25) is 5.02 Å². The summed E-state index contributed by atoms with van der Waals surface area (Å²) in [6, 6.07) is 10.8. The lowest BCUT2D eigenvalue weighted by molar-refractivity contribution is 0.244. The molecule has 2 rings (SSSR count). The second-order valence-corrected chi connectivity index (χ2v) is 4.51. The number of halogens is 1. The predicted molar refractivity (Wildman–Crippen MR) is 80.1 cm³/mol. The summed E-state index contributed by atoms with van der Waals surface area (Å²) in [6.45, 7) is 0.458. The van der Waals surface area contributed by atoms with Crippen LogP contribution in [0, 0.1) is 0 Å². The molecule has 20 heavy (non-hydrogen) atoms. The largest absolute Gasteiger partial charge is 0.334 e. The zero-order valence-electron chi connectivity index (χ0n) is 10.7. The molecule has 0 aliphatic rings. The van der Waals surface area contributed by atoms with Crippen molar-refractivity contribution in [2.45, 2.75) is 6.54 Å². The van der Waals surface area contributed by atoms with Crippen molar-refractivity contribution in [3.05, 3.63) is 71.1 Å². The lowest BCUT2D eigenvalue weighted by Crippen LogP contribution is -2.31. The summed E-state index contributed by atoms with van der Waals surface area (Å²) in [5.74, 6) is 0. The maximum absolute atomic E-state index is 11.6. The highest BCUT2D eigenvalue weighted by atomic mass is 35.5. The second kappa shape index (κ2) is 7.31. The monoisotopic (exact) mass is 287 g/mol. The van der Waals surface area contributed by atoms with Gasteiger partial charge in [-0.2, -0.15) is 0 Å². The summed E-state index contributed by atoms with van der Waals surface area (Å²) < 4.78 is 0. The van der Waals surface area contributed by atoms with Gasteiger partial charge in [0.2, 0.25) is 0 Å². The van der Waals surface area contributed by atoms with Crippen molar-refractivity contribution >= 4 is 23.7 Å². The van der Waals surface area contributed by atoms with Gasteiger partial charge < -0.3 is 10.6 Å². The molecule has 4 nitrogen and oxygen atoms in total. The minimum atomic E-state index is -0.264. The van der Waals surface area contributed by atoms with Crippen molar-refractivity contribution in [3.63, 3.8) is 0 Å². The number of rotatable bonds is 4. The lowest BCUT2D eigenvalue weighted by atomic mass is 10.2. The molecule has 102 valence electrons.